The van der Waals surface area contributed by atoms with Crippen LogP contribution >= 0.6 is 11.3 Å². The first-order valence-corrected chi connectivity index (χ1v) is 18.0. The van der Waals surface area contributed by atoms with Crippen LogP contribution in [0.2, 0.25) is 0 Å². The first kappa shape index (κ1) is 28.4. The number of rotatable bonds is 4. The summed E-state index contributed by atoms with van der Waals surface area (Å²) in [6.07, 6.45) is 0. The molecule has 0 radical (unpaired) electrons. The van der Waals surface area contributed by atoms with Crippen molar-refractivity contribution in [3.8, 4) is 67.5 Å². The van der Waals surface area contributed by atoms with Gasteiger partial charge in [-0.05, 0) is 61.5 Å². The maximum Gasteiger partial charge on any atom is 0.164 e. The first-order valence-electron chi connectivity index (χ1n) is 17.2. The van der Waals surface area contributed by atoms with E-state index in [4.69, 9.17) is 15.0 Å². The third kappa shape index (κ3) is 4.27. The SMILES string of the molecule is c1ccc(-c2nc(-c3ccccc3)nc(-c3cccc4c(-c5c6c(cc7sc8ccccc8c57)-c5cccc7cccc-6c57)cccc34)n2)cc1. The molecule has 1 aliphatic rings. The highest BCUT2D eigenvalue weighted by molar-refractivity contribution is 7.26. The Hall–Kier alpha value is -6.49. The molecule has 0 saturated carbocycles. The molecule has 2 aromatic heterocycles. The van der Waals surface area contributed by atoms with Crippen LogP contribution in [0, 0.1) is 0 Å². The Balaban J connectivity index is 1.22. The quantitative estimate of drug-likeness (QED) is 0.188. The highest BCUT2D eigenvalue weighted by Crippen LogP contribution is 2.56. The minimum absolute atomic E-state index is 0.658. The summed E-state index contributed by atoms with van der Waals surface area (Å²) in [5.74, 6) is 1.98. The molecule has 0 unspecified atom stereocenters. The third-order valence-electron chi connectivity index (χ3n) is 10.3. The molecule has 2 heterocycles. The van der Waals surface area contributed by atoms with Crippen molar-refractivity contribution < 1.29 is 0 Å². The summed E-state index contributed by atoms with van der Waals surface area (Å²) in [4.78, 5) is 15.2. The fraction of sp³-hybridized carbons (Fsp3) is 0. The lowest BCUT2D eigenvalue weighted by Crippen LogP contribution is -2.00. The van der Waals surface area contributed by atoms with Crippen LogP contribution in [0.5, 0.6) is 0 Å². The number of nitrogens with zero attached hydrogens (tertiary/aromatic N) is 3. The van der Waals surface area contributed by atoms with Gasteiger partial charge >= 0.3 is 0 Å². The Kier molecular flexibility index (Phi) is 6.12. The average molecular weight is 666 g/mol. The van der Waals surface area contributed by atoms with Crippen molar-refractivity contribution in [2.24, 2.45) is 0 Å². The maximum atomic E-state index is 5.12. The monoisotopic (exact) mass is 665 g/mol. The molecule has 0 fully saturated rings. The highest BCUT2D eigenvalue weighted by Gasteiger charge is 2.28. The lowest BCUT2D eigenvalue weighted by molar-refractivity contribution is 1.08. The van der Waals surface area contributed by atoms with Gasteiger partial charge in [0.2, 0.25) is 0 Å². The lowest BCUT2D eigenvalue weighted by Gasteiger charge is -2.17. The van der Waals surface area contributed by atoms with Crippen LogP contribution in [0.4, 0.5) is 0 Å². The summed E-state index contributed by atoms with van der Waals surface area (Å²) < 4.78 is 2.61. The van der Waals surface area contributed by atoms with E-state index in [9.17, 15) is 0 Å². The van der Waals surface area contributed by atoms with Crippen molar-refractivity contribution in [1.82, 2.24) is 15.0 Å². The maximum absolute atomic E-state index is 5.12. The molecule has 0 saturated heterocycles. The van der Waals surface area contributed by atoms with Crippen molar-refractivity contribution in [3.05, 3.63) is 164 Å². The molecule has 236 valence electrons. The van der Waals surface area contributed by atoms with E-state index in [0.717, 1.165) is 22.1 Å². The molecule has 10 aromatic rings. The molecule has 0 aliphatic heterocycles. The van der Waals surface area contributed by atoms with Crippen LogP contribution in [-0.2, 0) is 0 Å². The van der Waals surface area contributed by atoms with E-state index in [-0.39, 0.29) is 0 Å². The third-order valence-corrected chi connectivity index (χ3v) is 11.4. The van der Waals surface area contributed by atoms with Crippen molar-refractivity contribution >= 4 is 53.1 Å². The Morgan fingerprint density at radius 3 is 1.61 bits per heavy atom. The topological polar surface area (TPSA) is 38.7 Å². The van der Waals surface area contributed by atoms with Gasteiger partial charge in [0.1, 0.15) is 0 Å². The van der Waals surface area contributed by atoms with E-state index < -0.39 is 0 Å². The Labute approximate surface area is 298 Å². The average Bonchev–Trinajstić information content (AvgIpc) is 3.73. The lowest BCUT2D eigenvalue weighted by atomic mass is 9.86. The normalized spacial score (nSPS) is 11.9. The molecular formula is C47H27N3S. The molecule has 3 nitrogen and oxygen atoms in total. The zero-order valence-corrected chi connectivity index (χ0v) is 28.2. The Morgan fingerprint density at radius 1 is 0.333 bits per heavy atom. The molecule has 0 spiro atoms. The number of fused-ring (bicyclic) bond motifs is 7. The first-order chi connectivity index (χ1) is 25.3. The van der Waals surface area contributed by atoms with Crippen LogP contribution in [0.25, 0.3) is 109 Å². The minimum Gasteiger partial charge on any atom is -0.208 e. The molecule has 8 aromatic carbocycles. The number of benzene rings is 8. The summed E-state index contributed by atoms with van der Waals surface area (Å²) in [5.41, 5.74) is 10.6. The summed E-state index contributed by atoms with van der Waals surface area (Å²) in [5, 5.41) is 7.51. The predicted octanol–water partition coefficient (Wildman–Crippen LogP) is 12.9. The van der Waals surface area contributed by atoms with E-state index in [1.807, 2.05) is 47.7 Å². The van der Waals surface area contributed by atoms with E-state index in [1.54, 1.807) is 0 Å². The van der Waals surface area contributed by atoms with Crippen molar-refractivity contribution in [2.75, 3.05) is 0 Å². The second-order valence-corrected chi connectivity index (χ2v) is 14.2. The molecule has 0 amide bonds. The molecule has 0 N–H and O–H groups in total. The molecule has 0 atom stereocenters. The summed E-state index contributed by atoms with van der Waals surface area (Å²) in [6, 6.07) is 58.4. The molecule has 0 bridgehead atoms. The largest absolute Gasteiger partial charge is 0.208 e. The van der Waals surface area contributed by atoms with Gasteiger partial charge in [-0.15, -0.1) is 11.3 Å². The number of hydrogen-bond acceptors (Lipinski definition) is 4. The molecule has 11 rings (SSSR count). The van der Waals surface area contributed by atoms with Gasteiger partial charge in [0, 0.05) is 42.4 Å². The number of thiophene rings is 1. The van der Waals surface area contributed by atoms with Gasteiger partial charge in [0.05, 0.1) is 0 Å². The molecule has 1 aliphatic carbocycles. The second kappa shape index (κ2) is 11.0. The van der Waals surface area contributed by atoms with E-state index in [0.29, 0.717) is 17.5 Å². The number of hydrogen-bond donors (Lipinski definition) is 0. The standard InChI is InChI=1S/C47H27N3S/c1-3-13-29(14-4-1)45-48-46(30-15-5-2-6-16-30)50-47(49-45)35-24-12-20-31-32(35)21-11-23-33(31)44-42-37-25-10-18-28-17-9-22-34(41(28)37)38(42)27-40-43(44)36-19-7-8-26-39(36)51-40/h1-27H. The van der Waals surface area contributed by atoms with E-state index >= 15 is 0 Å². The Morgan fingerprint density at radius 2 is 0.882 bits per heavy atom. The summed E-state index contributed by atoms with van der Waals surface area (Å²) in [6.45, 7) is 0. The van der Waals surface area contributed by atoms with Gasteiger partial charge in [0.25, 0.3) is 0 Å². The fourth-order valence-electron chi connectivity index (χ4n) is 8.07. The predicted molar refractivity (Wildman–Crippen MR) is 214 cm³/mol. The molecular weight excluding hydrogens is 639 g/mol. The molecule has 4 heteroatoms. The Bertz CT molecular complexity index is 2960. The van der Waals surface area contributed by atoms with Gasteiger partial charge < -0.3 is 0 Å². The minimum atomic E-state index is 0.658. The van der Waals surface area contributed by atoms with Gasteiger partial charge in [-0.25, -0.2) is 15.0 Å². The zero-order valence-electron chi connectivity index (χ0n) is 27.3. The second-order valence-electron chi connectivity index (χ2n) is 13.1. The van der Waals surface area contributed by atoms with E-state index in [1.165, 1.54) is 69.7 Å². The summed E-state index contributed by atoms with van der Waals surface area (Å²) >= 11 is 1.88. The highest BCUT2D eigenvalue weighted by atomic mass is 32.1. The van der Waals surface area contributed by atoms with Crippen LogP contribution < -0.4 is 0 Å². The fourth-order valence-corrected chi connectivity index (χ4v) is 9.23. The van der Waals surface area contributed by atoms with Crippen molar-refractivity contribution in [2.45, 2.75) is 0 Å². The van der Waals surface area contributed by atoms with Crippen LogP contribution in [0.3, 0.4) is 0 Å². The summed E-state index contributed by atoms with van der Waals surface area (Å²) in [7, 11) is 0. The van der Waals surface area contributed by atoms with Crippen LogP contribution in [0.1, 0.15) is 0 Å². The molecule has 51 heavy (non-hydrogen) atoms. The van der Waals surface area contributed by atoms with Gasteiger partial charge in [0.15, 0.2) is 17.5 Å². The number of aromatic nitrogens is 3. The van der Waals surface area contributed by atoms with Crippen LogP contribution in [0.15, 0.2) is 164 Å². The van der Waals surface area contributed by atoms with E-state index in [2.05, 4.69) is 127 Å². The zero-order chi connectivity index (χ0) is 33.5. The smallest absolute Gasteiger partial charge is 0.164 e. The van der Waals surface area contributed by atoms with Gasteiger partial charge in [-0.2, -0.15) is 0 Å². The van der Waals surface area contributed by atoms with Crippen LogP contribution in [-0.4, -0.2) is 15.0 Å². The van der Waals surface area contributed by atoms with Gasteiger partial charge in [-0.1, -0.05) is 152 Å². The van der Waals surface area contributed by atoms with Crippen molar-refractivity contribution in [3.63, 3.8) is 0 Å². The van der Waals surface area contributed by atoms with Crippen molar-refractivity contribution in [1.29, 1.82) is 0 Å². The van der Waals surface area contributed by atoms with Gasteiger partial charge in [-0.3, -0.25) is 0 Å².